The summed E-state index contributed by atoms with van der Waals surface area (Å²) < 4.78 is 5.81. The van der Waals surface area contributed by atoms with Gasteiger partial charge in [-0.2, -0.15) is 4.98 Å². The van der Waals surface area contributed by atoms with Crippen molar-refractivity contribution in [1.29, 1.82) is 0 Å². The van der Waals surface area contributed by atoms with E-state index in [-0.39, 0.29) is 11.2 Å². The molecule has 1 amide bonds. The summed E-state index contributed by atoms with van der Waals surface area (Å²) in [6.45, 7) is 5.36. The maximum Gasteiger partial charge on any atom is 0.332 e. The molecule has 0 aliphatic rings. The summed E-state index contributed by atoms with van der Waals surface area (Å²) in [5, 5.41) is 0. The molecule has 0 aliphatic carbocycles. The predicted octanol–water partition coefficient (Wildman–Crippen LogP) is 0.549. The van der Waals surface area contributed by atoms with Crippen LogP contribution >= 0.6 is 0 Å². The van der Waals surface area contributed by atoms with Gasteiger partial charge in [0, 0.05) is 18.4 Å². The largest absolute Gasteiger partial charge is 0.368 e. The van der Waals surface area contributed by atoms with E-state index in [1.54, 1.807) is 4.40 Å². The average molecular weight is 380 g/mol. The Morgan fingerprint density at radius 2 is 1.79 bits per heavy atom. The van der Waals surface area contributed by atoms with Gasteiger partial charge in [-0.3, -0.25) is 23.1 Å². The summed E-state index contributed by atoms with van der Waals surface area (Å²) in [5.41, 5.74) is 8.24. The number of rotatable bonds is 3. The highest BCUT2D eigenvalue weighted by Crippen LogP contribution is 2.26. The van der Waals surface area contributed by atoms with Crippen LogP contribution in [0.4, 0.5) is 0 Å². The molecular formula is C19H20N6O3. The number of aromatic nitrogens is 5. The molecule has 0 fully saturated rings. The summed E-state index contributed by atoms with van der Waals surface area (Å²) in [5.74, 6) is -0.229. The van der Waals surface area contributed by atoms with Gasteiger partial charge in [0.25, 0.3) is 5.56 Å². The van der Waals surface area contributed by atoms with E-state index in [0.29, 0.717) is 5.78 Å². The SMILES string of the molecule is Cc1ccccc1-n1c(C)c(C)n2c3c(=O)n(CC(N)=O)c(=O)n(C)c3nc12. The van der Waals surface area contributed by atoms with Gasteiger partial charge in [0.1, 0.15) is 6.54 Å². The predicted molar refractivity (Wildman–Crippen MR) is 105 cm³/mol. The van der Waals surface area contributed by atoms with E-state index in [9.17, 15) is 14.4 Å². The zero-order valence-corrected chi connectivity index (χ0v) is 16.1. The molecule has 0 spiro atoms. The number of aryl methyl sites for hydroxylation is 3. The van der Waals surface area contributed by atoms with E-state index in [0.717, 1.165) is 27.2 Å². The molecule has 4 rings (SSSR count). The van der Waals surface area contributed by atoms with Crippen LogP contribution < -0.4 is 17.0 Å². The monoisotopic (exact) mass is 380 g/mol. The molecule has 28 heavy (non-hydrogen) atoms. The fourth-order valence-corrected chi connectivity index (χ4v) is 3.65. The van der Waals surface area contributed by atoms with Gasteiger partial charge in [-0.25, -0.2) is 9.36 Å². The number of nitrogens with two attached hydrogens (primary N) is 1. The van der Waals surface area contributed by atoms with Crippen LogP contribution in [0.25, 0.3) is 22.6 Å². The highest BCUT2D eigenvalue weighted by molar-refractivity contribution is 5.78. The van der Waals surface area contributed by atoms with Crippen molar-refractivity contribution in [2.24, 2.45) is 12.8 Å². The minimum absolute atomic E-state index is 0.242. The third-order valence-electron chi connectivity index (χ3n) is 5.19. The summed E-state index contributed by atoms with van der Waals surface area (Å²) in [6, 6.07) is 7.87. The average Bonchev–Trinajstić information content (AvgIpc) is 3.14. The van der Waals surface area contributed by atoms with Crippen LogP contribution in [0.2, 0.25) is 0 Å². The fourth-order valence-electron chi connectivity index (χ4n) is 3.65. The summed E-state index contributed by atoms with van der Waals surface area (Å²) in [6.07, 6.45) is 0. The lowest BCUT2D eigenvalue weighted by Crippen LogP contribution is -2.42. The normalized spacial score (nSPS) is 11.6. The number of imidazole rings is 2. The molecule has 0 bridgehead atoms. The van der Waals surface area contributed by atoms with Crippen molar-refractivity contribution in [3.8, 4) is 5.69 Å². The molecule has 3 aromatic heterocycles. The molecule has 0 radical (unpaired) electrons. The number of primary amides is 1. The van der Waals surface area contributed by atoms with E-state index in [2.05, 4.69) is 4.98 Å². The Bertz CT molecular complexity index is 1400. The number of hydrogen-bond acceptors (Lipinski definition) is 4. The minimum Gasteiger partial charge on any atom is -0.368 e. The lowest BCUT2D eigenvalue weighted by Gasteiger charge is -2.09. The quantitative estimate of drug-likeness (QED) is 0.560. The van der Waals surface area contributed by atoms with Gasteiger partial charge in [-0.05, 0) is 32.4 Å². The Morgan fingerprint density at radius 3 is 2.43 bits per heavy atom. The second-order valence-electron chi connectivity index (χ2n) is 6.91. The summed E-state index contributed by atoms with van der Waals surface area (Å²) >= 11 is 0. The number of carbonyl (C=O) groups is 1. The lowest BCUT2D eigenvalue weighted by atomic mass is 10.2. The molecule has 9 heteroatoms. The zero-order chi connectivity index (χ0) is 20.3. The molecule has 0 aliphatic heterocycles. The highest BCUT2D eigenvalue weighted by Gasteiger charge is 2.23. The van der Waals surface area contributed by atoms with Crippen molar-refractivity contribution in [3.63, 3.8) is 0 Å². The molecule has 2 N–H and O–H groups in total. The first kappa shape index (κ1) is 17.8. The van der Waals surface area contributed by atoms with E-state index >= 15 is 0 Å². The van der Waals surface area contributed by atoms with Crippen LogP contribution in [0.1, 0.15) is 17.0 Å². The number of hydrogen-bond donors (Lipinski definition) is 1. The van der Waals surface area contributed by atoms with Crippen molar-refractivity contribution in [1.82, 2.24) is 23.1 Å². The summed E-state index contributed by atoms with van der Waals surface area (Å²) in [7, 11) is 1.52. The lowest BCUT2D eigenvalue weighted by molar-refractivity contribution is -0.118. The number of amides is 1. The highest BCUT2D eigenvalue weighted by atomic mass is 16.2. The van der Waals surface area contributed by atoms with Crippen LogP contribution in [-0.4, -0.2) is 29.0 Å². The molecule has 0 unspecified atom stereocenters. The first-order chi connectivity index (χ1) is 13.2. The van der Waals surface area contributed by atoms with E-state index in [1.807, 2.05) is 49.6 Å². The van der Waals surface area contributed by atoms with Crippen molar-refractivity contribution in [3.05, 3.63) is 62.1 Å². The van der Waals surface area contributed by atoms with Gasteiger partial charge < -0.3 is 5.73 Å². The molecule has 9 nitrogen and oxygen atoms in total. The first-order valence-corrected chi connectivity index (χ1v) is 8.78. The molecule has 0 saturated carbocycles. The Labute approximate surface area is 159 Å². The second kappa shape index (κ2) is 5.95. The number of para-hydroxylation sites is 1. The van der Waals surface area contributed by atoms with E-state index in [1.165, 1.54) is 11.6 Å². The van der Waals surface area contributed by atoms with Crippen LogP contribution in [0.5, 0.6) is 0 Å². The van der Waals surface area contributed by atoms with Gasteiger partial charge >= 0.3 is 5.69 Å². The second-order valence-corrected chi connectivity index (χ2v) is 6.91. The number of nitrogens with zero attached hydrogens (tertiary/aromatic N) is 5. The third kappa shape index (κ3) is 2.25. The molecule has 1 aromatic carbocycles. The molecule has 4 aromatic rings. The summed E-state index contributed by atoms with van der Waals surface area (Å²) in [4.78, 5) is 41.6. The molecule has 144 valence electrons. The maximum atomic E-state index is 13.1. The van der Waals surface area contributed by atoms with Crippen molar-refractivity contribution >= 4 is 22.8 Å². The fraction of sp³-hybridized carbons (Fsp3) is 0.263. The Hall–Kier alpha value is -3.62. The van der Waals surface area contributed by atoms with Gasteiger partial charge in [-0.15, -0.1) is 0 Å². The van der Waals surface area contributed by atoms with Crippen LogP contribution in [0.15, 0.2) is 33.9 Å². The van der Waals surface area contributed by atoms with E-state index < -0.39 is 23.7 Å². The standard InChI is InChI=1S/C19H20N6O3/c1-10-7-5-6-8-13(10)24-11(2)12(3)25-15-16(21-18(24)25)22(4)19(28)23(17(15)27)9-14(20)26/h5-8H,9H2,1-4H3,(H2,20,26). The van der Waals surface area contributed by atoms with Crippen molar-refractivity contribution in [2.75, 3.05) is 0 Å². The third-order valence-corrected chi connectivity index (χ3v) is 5.19. The minimum atomic E-state index is -0.760. The maximum absolute atomic E-state index is 13.1. The molecule has 3 heterocycles. The van der Waals surface area contributed by atoms with Crippen molar-refractivity contribution < 1.29 is 4.79 Å². The first-order valence-electron chi connectivity index (χ1n) is 8.78. The zero-order valence-electron chi connectivity index (χ0n) is 16.1. The van der Waals surface area contributed by atoms with Crippen molar-refractivity contribution in [2.45, 2.75) is 27.3 Å². The molecular weight excluding hydrogens is 360 g/mol. The van der Waals surface area contributed by atoms with Gasteiger partial charge in [-0.1, -0.05) is 18.2 Å². The van der Waals surface area contributed by atoms with Gasteiger partial charge in [0.15, 0.2) is 11.2 Å². The van der Waals surface area contributed by atoms with Crippen LogP contribution in [0, 0.1) is 20.8 Å². The number of carbonyl (C=O) groups excluding carboxylic acids is 1. The molecule has 0 atom stereocenters. The Kier molecular flexibility index (Phi) is 3.77. The van der Waals surface area contributed by atoms with Gasteiger partial charge in [0.05, 0.1) is 5.69 Å². The Balaban J connectivity index is 2.22. The van der Waals surface area contributed by atoms with Gasteiger partial charge in [0.2, 0.25) is 11.7 Å². The van der Waals surface area contributed by atoms with Crippen LogP contribution in [0.3, 0.4) is 0 Å². The Morgan fingerprint density at radius 1 is 1.11 bits per heavy atom. The topological polar surface area (TPSA) is 109 Å². The van der Waals surface area contributed by atoms with Crippen LogP contribution in [-0.2, 0) is 18.4 Å². The molecule has 0 saturated heterocycles. The smallest absolute Gasteiger partial charge is 0.332 e. The number of benzene rings is 1. The number of fused-ring (bicyclic) bond motifs is 3. The van der Waals surface area contributed by atoms with E-state index in [4.69, 9.17) is 5.73 Å².